The molecule has 126 valence electrons. The van der Waals surface area contributed by atoms with Crippen LogP contribution in [-0.2, 0) is 9.59 Å². The number of fused-ring (bicyclic) bond motifs is 1. The van der Waals surface area contributed by atoms with Crippen molar-refractivity contribution in [1.29, 1.82) is 0 Å². The lowest BCUT2D eigenvalue weighted by Crippen LogP contribution is -2.05. The fraction of sp³-hybridized carbons (Fsp3) is 0.0588. The topological polar surface area (TPSA) is 101 Å². The van der Waals surface area contributed by atoms with Crippen molar-refractivity contribution in [2.75, 3.05) is 10.6 Å². The standard InChI is InChI=1S/C17H12ClN3O4/c1-9(22)19-11-4-2-10(3-5-11)6-13-12-7-16(21(24)25)14(18)8-15(12)20-17(13)23/h2-8H,1H3,(H,19,22)(H,20,23)/b13-6+. The first kappa shape index (κ1) is 16.7. The van der Waals surface area contributed by atoms with Gasteiger partial charge in [0.05, 0.1) is 10.6 Å². The van der Waals surface area contributed by atoms with Crippen molar-refractivity contribution in [2.45, 2.75) is 6.92 Å². The van der Waals surface area contributed by atoms with Crippen molar-refractivity contribution >= 4 is 52.1 Å². The minimum atomic E-state index is -0.592. The van der Waals surface area contributed by atoms with Gasteiger partial charge in [0, 0.05) is 29.8 Å². The van der Waals surface area contributed by atoms with Crippen LogP contribution in [0.4, 0.5) is 17.1 Å². The van der Waals surface area contributed by atoms with Crippen LogP contribution in [0.5, 0.6) is 0 Å². The third kappa shape index (κ3) is 3.36. The Balaban J connectivity index is 2.00. The molecule has 1 aliphatic heterocycles. The van der Waals surface area contributed by atoms with E-state index in [1.54, 1.807) is 30.3 Å². The van der Waals surface area contributed by atoms with Crippen LogP contribution in [0.3, 0.4) is 0 Å². The molecule has 1 heterocycles. The molecule has 0 aromatic heterocycles. The summed E-state index contributed by atoms with van der Waals surface area (Å²) in [5.74, 6) is -0.545. The molecule has 7 nitrogen and oxygen atoms in total. The fourth-order valence-corrected chi connectivity index (χ4v) is 2.75. The summed E-state index contributed by atoms with van der Waals surface area (Å²) < 4.78 is 0. The first-order valence-electron chi connectivity index (χ1n) is 7.24. The zero-order valence-corrected chi connectivity index (χ0v) is 13.8. The van der Waals surface area contributed by atoms with E-state index in [0.717, 1.165) is 0 Å². The van der Waals surface area contributed by atoms with Crippen LogP contribution in [0.2, 0.25) is 5.02 Å². The first-order valence-corrected chi connectivity index (χ1v) is 7.62. The number of hydrogen-bond acceptors (Lipinski definition) is 4. The van der Waals surface area contributed by atoms with Gasteiger partial charge in [0.2, 0.25) is 5.91 Å². The second kappa shape index (κ2) is 6.37. The smallest absolute Gasteiger partial charge is 0.288 e. The van der Waals surface area contributed by atoms with Crippen molar-refractivity contribution in [3.8, 4) is 0 Å². The Hall–Kier alpha value is -3.19. The van der Waals surface area contributed by atoms with Crippen molar-refractivity contribution in [3.05, 3.63) is 62.7 Å². The Morgan fingerprint density at radius 2 is 1.96 bits per heavy atom. The molecule has 0 saturated heterocycles. The number of anilines is 2. The molecule has 0 fully saturated rings. The van der Waals surface area contributed by atoms with Gasteiger partial charge in [-0.05, 0) is 29.8 Å². The fourth-order valence-electron chi connectivity index (χ4n) is 2.52. The summed E-state index contributed by atoms with van der Waals surface area (Å²) in [6.07, 6.45) is 1.62. The summed E-state index contributed by atoms with van der Waals surface area (Å²) in [7, 11) is 0. The Morgan fingerprint density at radius 1 is 1.28 bits per heavy atom. The van der Waals surface area contributed by atoms with Crippen LogP contribution >= 0.6 is 11.6 Å². The highest BCUT2D eigenvalue weighted by Crippen LogP contribution is 2.39. The number of benzene rings is 2. The average Bonchev–Trinajstić information content (AvgIpc) is 2.82. The van der Waals surface area contributed by atoms with Gasteiger partial charge in [-0.25, -0.2) is 0 Å². The number of nitro benzene ring substituents is 1. The molecule has 2 aromatic rings. The summed E-state index contributed by atoms with van der Waals surface area (Å²) in [5.41, 5.74) is 2.25. The predicted octanol–water partition coefficient (Wildman–Crippen LogP) is 3.70. The molecule has 0 saturated carbocycles. The number of nitrogens with zero attached hydrogens (tertiary/aromatic N) is 1. The number of hydrogen-bond donors (Lipinski definition) is 2. The molecule has 0 radical (unpaired) electrons. The third-order valence-electron chi connectivity index (χ3n) is 3.61. The van der Waals surface area contributed by atoms with Crippen LogP contribution in [0, 0.1) is 10.1 Å². The molecule has 0 spiro atoms. The Labute approximate surface area is 147 Å². The van der Waals surface area contributed by atoms with Crippen molar-refractivity contribution in [2.24, 2.45) is 0 Å². The predicted molar refractivity (Wildman–Crippen MR) is 95.4 cm³/mol. The van der Waals surface area contributed by atoms with E-state index < -0.39 is 4.92 Å². The summed E-state index contributed by atoms with van der Waals surface area (Å²) in [6.45, 7) is 1.41. The van der Waals surface area contributed by atoms with Gasteiger partial charge in [-0.3, -0.25) is 19.7 Å². The van der Waals surface area contributed by atoms with Crippen LogP contribution in [0.15, 0.2) is 36.4 Å². The minimum absolute atomic E-state index is 0.0371. The number of carbonyl (C=O) groups is 2. The Morgan fingerprint density at radius 3 is 2.56 bits per heavy atom. The Kier molecular flexibility index (Phi) is 4.24. The zero-order valence-electron chi connectivity index (χ0n) is 13.0. The first-order chi connectivity index (χ1) is 11.8. The van der Waals surface area contributed by atoms with Crippen molar-refractivity contribution < 1.29 is 14.5 Å². The van der Waals surface area contributed by atoms with E-state index in [1.807, 2.05) is 0 Å². The molecular formula is C17H12ClN3O4. The zero-order chi connectivity index (χ0) is 18.1. The largest absolute Gasteiger partial charge is 0.326 e. The van der Waals surface area contributed by atoms with E-state index in [9.17, 15) is 19.7 Å². The number of amides is 2. The molecule has 1 aliphatic rings. The van der Waals surface area contributed by atoms with Crippen molar-refractivity contribution in [3.63, 3.8) is 0 Å². The van der Waals surface area contributed by atoms with Crippen LogP contribution in [-0.4, -0.2) is 16.7 Å². The highest BCUT2D eigenvalue weighted by atomic mass is 35.5. The monoisotopic (exact) mass is 357 g/mol. The SMILES string of the molecule is CC(=O)Nc1ccc(/C=C2/C(=O)Nc3cc(Cl)c([N+](=O)[O-])cc32)cc1. The lowest BCUT2D eigenvalue weighted by Gasteiger charge is -2.03. The summed E-state index contributed by atoms with van der Waals surface area (Å²) in [4.78, 5) is 33.7. The molecule has 0 aliphatic carbocycles. The molecule has 25 heavy (non-hydrogen) atoms. The molecule has 2 aromatic carbocycles. The van der Waals surface area contributed by atoms with E-state index in [4.69, 9.17) is 11.6 Å². The van der Waals surface area contributed by atoms with E-state index in [2.05, 4.69) is 10.6 Å². The third-order valence-corrected chi connectivity index (χ3v) is 3.91. The number of nitro groups is 1. The number of halogens is 1. The molecule has 2 N–H and O–H groups in total. The van der Waals surface area contributed by atoms with Crippen LogP contribution in [0.25, 0.3) is 11.6 Å². The number of carbonyl (C=O) groups excluding carboxylic acids is 2. The van der Waals surface area contributed by atoms with Crippen LogP contribution in [0.1, 0.15) is 18.1 Å². The van der Waals surface area contributed by atoms with Gasteiger partial charge < -0.3 is 10.6 Å². The Bertz CT molecular complexity index is 936. The quantitative estimate of drug-likeness (QED) is 0.496. The van der Waals surface area contributed by atoms with E-state index >= 15 is 0 Å². The summed E-state index contributed by atoms with van der Waals surface area (Å²) >= 11 is 5.87. The summed E-state index contributed by atoms with van der Waals surface area (Å²) in [6, 6.07) is 9.51. The molecule has 2 amide bonds. The molecule has 0 atom stereocenters. The highest BCUT2D eigenvalue weighted by molar-refractivity contribution is 6.37. The van der Waals surface area contributed by atoms with Gasteiger partial charge in [-0.1, -0.05) is 23.7 Å². The van der Waals surface area contributed by atoms with Gasteiger partial charge in [-0.15, -0.1) is 0 Å². The van der Waals surface area contributed by atoms with Crippen LogP contribution < -0.4 is 10.6 Å². The maximum atomic E-state index is 12.2. The molecule has 0 bridgehead atoms. The van der Waals surface area contributed by atoms with Gasteiger partial charge in [0.1, 0.15) is 5.02 Å². The minimum Gasteiger partial charge on any atom is -0.326 e. The molecule has 3 rings (SSSR count). The van der Waals surface area contributed by atoms with Gasteiger partial charge in [0.25, 0.3) is 11.6 Å². The summed E-state index contributed by atoms with van der Waals surface area (Å²) in [5, 5.41) is 16.3. The van der Waals surface area contributed by atoms with Gasteiger partial charge in [0.15, 0.2) is 0 Å². The maximum absolute atomic E-state index is 12.2. The number of nitrogens with one attached hydrogen (secondary N) is 2. The van der Waals surface area contributed by atoms with Crippen molar-refractivity contribution in [1.82, 2.24) is 0 Å². The molecule has 8 heteroatoms. The van der Waals surface area contributed by atoms with E-state index in [-0.39, 0.29) is 22.5 Å². The average molecular weight is 358 g/mol. The van der Waals surface area contributed by atoms with E-state index in [1.165, 1.54) is 19.1 Å². The second-order valence-corrected chi connectivity index (χ2v) is 5.83. The second-order valence-electron chi connectivity index (χ2n) is 5.42. The maximum Gasteiger partial charge on any atom is 0.288 e. The normalized spacial score (nSPS) is 14.2. The molecular weight excluding hydrogens is 346 g/mol. The lowest BCUT2D eigenvalue weighted by atomic mass is 10.0. The number of rotatable bonds is 3. The molecule has 0 unspecified atom stereocenters. The van der Waals surface area contributed by atoms with Gasteiger partial charge in [-0.2, -0.15) is 0 Å². The lowest BCUT2D eigenvalue weighted by molar-refractivity contribution is -0.384. The van der Waals surface area contributed by atoms with Gasteiger partial charge >= 0.3 is 0 Å². The highest BCUT2D eigenvalue weighted by Gasteiger charge is 2.28. The van der Waals surface area contributed by atoms with E-state index in [0.29, 0.717) is 28.1 Å².